The number of carbonyl (C=O) groups excluding carboxylic acids is 2. The summed E-state index contributed by atoms with van der Waals surface area (Å²) < 4.78 is 30.1. The highest BCUT2D eigenvalue weighted by atomic mass is 19.1. The minimum absolute atomic E-state index is 0.0473. The van der Waals surface area contributed by atoms with Crippen molar-refractivity contribution in [2.24, 2.45) is 0 Å². The molecule has 1 atom stereocenters. The van der Waals surface area contributed by atoms with Gasteiger partial charge in [-0.1, -0.05) is 12.1 Å². The van der Waals surface area contributed by atoms with Crippen LogP contribution in [0.15, 0.2) is 60.8 Å². The second-order valence-electron chi connectivity index (χ2n) is 6.82. The molecule has 0 bridgehead atoms. The lowest BCUT2D eigenvalue weighted by Crippen LogP contribution is -2.25. The molecule has 0 fully saturated rings. The number of carbonyl (C=O) groups is 2. The number of nitrogens with one attached hydrogen (secondary N) is 1. The van der Waals surface area contributed by atoms with Crippen LogP contribution in [0, 0.1) is 17.1 Å². The number of ether oxygens (including phenoxy) is 3. The third-order valence-corrected chi connectivity index (χ3v) is 4.50. The Balaban J connectivity index is 1.68. The molecule has 0 saturated heterocycles. The summed E-state index contributed by atoms with van der Waals surface area (Å²) in [5.41, 5.74) is 0.764. The number of hydrogen-bond acceptors (Lipinski definition) is 7. The van der Waals surface area contributed by atoms with Crippen LogP contribution in [0.4, 0.5) is 4.39 Å². The topological polar surface area (TPSA) is 111 Å². The molecule has 0 aliphatic heterocycles. The van der Waals surface area contributed by atoms with E-state index in [1.807, 2.05) is 6.07 Å². The molecular formula is C24H20FN3O5. The van der Waals surface area contributed by atoms with E-state index in [-0.39, 0.29) is 29.3 Å². The van der Waals surface area contributed by atoms with Gasteiger partial charge in [0.15, 0.2) is 6.10 Å². The molecule has 0 unspecified atom stereocenters. The van der Waals surface area contributed by atoms with E-state index < -0.39 is 23.8 Å². The van der Waals surface area contributed by atoms with E-state index in [1.54, 1.807) is 24.3 Å². The predicted molar refractivity (Wildman–Crippen MR) is 115 cm³/mol. The third-order valence-electron chi connectivity index (χ3n) is 4.50. The van der Waals surface area contributed by atoms with Crippen molar-refractivity contribution in [3.05, 3.63) is 83.3 Å². The van der Waals surface area contributed by atoms with E-state index in [0.29, 0.717) is 11.3 Å². The quantitative estimate of drug-likeness (QED) is 0.522. The maximum atomic E-state index is 14.5. The van der Waals surface area contributed by atoms with Crippen molar-refractivity contribution in [3.63, 3.8) is 0 Å². The van der Waals surface area contributed by atoms with Gasteiger partial charge < -0.3 is 19.5 Å². The monoisotopic (exact) mass is 449 g/mol. The number of amides is 1. The second kappa shape index (κ2) is 10.7. The number of hydrogen-bond donors (Lipinski definition) is 1. The first-order valence-electron chi connectivity index (χ1n) is 9.85. The van der Waals surface area contributed by atoms with Crippen molar-refractivity contribution >= 4 is 11.9 Å². The van der Waals surface area contributed by atoms with Crippen molar-refractivity contribution in [2.45, 2.75) is 19.6 Å². The number of aromatic nitrogens is 1. The average molecular weight is 449 g/mol. The summed E-state index contributed by atoms with van der Waals surface area (Å²) in [5, 5.41) is 11.6. The number of nitrogens with zero attached hydrogens (tertiary/aromatic N) is 2. The normalized spacial score (nSPS) is 11.1. The van der Waals surface area contributed by atoms with Crippen LogP contribution in [-0.2, 0) is 16.1 Å². The molecule has 0 aliphatic rings. The number of methoxy groups -OCH3 is 1. The van der Waals surface area contributed by atoms with Crippen LogP contribution in [0.1, 0.15) is 28.4 Å². The van der Waals surface area contributed by atoms with Crippen molar-refractivity contribution in [2.75, 3.05) is 7.11 Å². The van der Waals surface area contributed by atoms with Crippen LogP contribution >= 0.6 is 0 Å². The highest BCUT2D eigenvalue weighted by Gasteiger charge is 2.17. The van der Waals surface area contributed by atoms with Gasteiger partial charge in [-0.25, -0.2) is 14.2 Å². The fourth-order valence-corrected chi connectivity index (χ4v) is 2.82. The lowest BCUT2D eigenvalue weighted by Gasteiger charge is -2.14. The zero-order valence-electron chi connectivity index (χ0n) is 17.9. The van der Waals surface area contributed by atoms with Crippen molar-refractivity contribution in [1.82, 2.24) is 10.3 Å². The average Bonchev–Trinajstić information content (AvgIpc) is 2.83. The van der Waals surface area contributed by atoms with E-state index in [2.05, 4.69) is 15.0 Å². The molecule has 168 valence electrons. The molecule has 9 heteroatoms. The zero-order valence-corrected chi connectivity index (χ0v) is 17.9. The van der Waals surface area contributed by atoms with Gasteiger partial charge >= 0.3 is 5.97 Å². The van der Waals surface area contributed by atoms with Crippen molar-refractivity contribution < 1.29 is 28.2 Å². The van der Waals surface area contributed by atoms with Gasteiger partial charge in [-0.2, -0.15) is 5.26 Å². The SMILES string of the molecule is COC(=O)[C@@H](C)Oc1ccc(CNC(=O)c2cccnc2Oc2cccc(C#N)c2)c(F)c1. The van der Waals surface area contributed by atoms with Crippen LogP contribution in [0.5, 0.6) is 17.4 Å². The summed E-state index contributed by atoms with van der Waals surface area (Å²) >= 11 is 0. The summed E-state index contributed by atoms with van der Waals surface area (Å²) in [6.07, 6.45) is 0.575. The Kier molecular flexibility index (Phi) is 7.55. The van der Waals surface area contributed by atoms with Gasteiger partial charge in [0, 0.05) is 24.4 Å². The molecule has 1 N–H and O–H groups in total. The molecule has 1 heterocycles. The number of esters is 1. The highest BCUT2D eigenvalue weighted by Crippen LogP contribution is 2.24. The maximum Gasteiger partial charge on any atom is 0.346 e. The lowest BCUT2D eigenvalue weighted by molar-refractivity contribution is -0.147. The van der Waals surface area contributed by atoms with E-state index in [0.717, 1.165) is 6.07 Å². The lowest BCUT2D eigenvalue weighted by atomic mass is 10.2. The van der Waals surface area contributed by atoms with Crippen LogP contribution < -0.4 is 14.8 Å². The van der Waals surface area contributed by atoms with Crippen LogP contribution in [-0.4, -0.2) is 30.1 Å². The van der Waals surface area contributed by atoms with E-state index in [4.69, 9.17) is 14.7 Å². The Morgan fingerprint density at radius 3 is 2.70 bits per heavy atom. The molecular weight excluding hydrogens is 429 g/mol. The maximum absolute atomic E-state index is 14.5. The third kappa shape index (κ3) is 6.04. The first kappa shape index (κ1) is 23.2. The Morgan fingerprint density at radius 1 is 1.15 bits per heavy atom. The van der Waals surface area contributed by atoms with Crippen molar-refractivity contribution in [3.8, 4) is 23.4 Å². The smallest absolute Gasteiger partial charge is 0.346 e. The van der Waals surface area contributed by atoms with Gasteiger partial charge in [-0.3, -0.25) is 4.79 Å². The number of benzene rings is 2. The van der Waals surface area contributed by atoms with Gasteiger partial charge in [0.25, 0.3) is 5.91 Å². The summed E-state index contributed by atoms with van der Waals surface area (Å²) in [6, 6.07) is 15.6. The van der Waals surface area contributed by atoms with Gasteiger partial charge in [-0.05, 0) is 43.3 Å². The minimum atomic E-state index is -0.891. The van der Waals surface area contributed by atoms with Gasteiger partial charge in [-0.15, -0.1) is 0 Å². The van der Waals surface area contributed by atoms with Crippen molar-refractivity contribution in [1.29, 1.82) is 5.26 Å². The Hall–Kier alpha value is -4.45. The Labute approximate surface area is 189 Å². The van der Waals surface area contributed by atoms with Gasteiger partial charge in [0.05, 0.1) is 18.7 Å². The summed E-state index contributed by atoms with van der Waals surface area (Å²) in [4.78, 5) is 28.2. The molecule has 0 radical (unpaired) electrons. The van der Waals surface area contributed by atoms with Gasteiger partial charge in [0.1, 0.15) is 22.9 Å². The van der Waals surface area contributed by atoms with E-state index in [1.165, 1.54) is 44.5 Å². The molecule has 8 nitrogen and oxygen atoms in total. The molecule has 0 spiro atoms. The van der Waals surface area contributed by atoms with E-state index in [9.17, 15) is 14.0 Å². The number of rotatable bonds is 8. The van der Waals surface area contributed by atoms with Crippen LogP contribution in [0.25, 0.3) is 0 Å². The van der Waals surface area contributed by atoms with Gasteiger partial charge in [0.2, 0.25) is 5.88 Å². The fourth-order valence-electron chi connectivity index (χ4n) is 2.82. The number of pyridine rings is 1. The zero-order chi connectivity index (χ0) is 23.8. The van der Waals surface area contributed by atoms with Crippen LogP contribution in [0.2, 0.25) is 0 Å². The molecule has 2 aromatic carbocycles. The summed E-state index contributed by atoms with van der Waals surface area (Å²) in [6.45, 7) is 1.39. The molecule has 0 saturated carbocycles. The highest BCUT2D eigenvalue weighted by molar-refractivity contribution is 5.96. The summed E-state index contributed by atoms with van der Waals surface area (Å²) in [5.74, 6) is -1.16. The van der Waals surface area contributed by atoms with Crippen LogP contribution in [0.3, 0.4) is 0 Å². The molecule has 3 aromatic rings. The predicted octanol–water partition coefficient (Wildman–Crippen LogP) is 3.75. The standard InChI is InChI=1S/C24H20FN3O5/c1-15(24(30)31-2)32-19-9-8-17(21(25)12-19)14-28-22(29)20-7-4-10-27-23(20)33-18-6-3-5-16(11-18)13-26/h3-12,15H,14H2,1-2H3,(H,28,29)/t15-/m1/s1. The fraction of sp³-hybridized carbons (Fsp3) is 0.167. The molecule has 1 amide bonds. The van der Waals surface area contributed by atoms with E-state index >= 15 is 0 Å². The minimum Gasteiger partial charge on any atom is -0.479 e. The molecule has 0 aliphatic carbocycles. The first-order valence-corrected chi connectivity index (χ1v) is 9.85. The molecule has 1 aromatic heterocycles. The molecule has 33 heavy (non-hydrogen) atoms. The summed E-state index contributed by atoms with van der Waals surface area (Å²) in [7, 11) is 1.23. The Morgan fingerprint density at radius 2 is 1.97 bits per heavy atom. The second-order valence-corrected chi connectivity index (χ2v) is 6.82. The first-order chi connectivity index (χ1) is 15.9. The number of nitriles is 1. The Bertz CT molecular complexity index is 1210. The largest absolute Gasteiger partial charge is 0.479 e. The number of halogens is 1. The molecule has 3 rings (SSSR count).